The molecule has 0 saturated carbocycles. The van der Waals surface area contributed by atoms with Crippen molar-refractivity contribution >= 4 is 12.0 Å². The van der Waals surface area contributed by atoms with Crippen LogP contribution in [0, 0.1) is 6.92 Å². The van der Waals surface area contributed by atoms with E-state index in [0.29, 0.717) is 5.75 Å². The third kappa shape index (κ3) is 4.62. The summed E-state index contributed by atoms with van der Waals surface area (Å²) in [4.78, 5) is 12.2. The number of hydrogen-bond donors (Lipinski definition) is 1. The lowest BCUT2D eigenvalue weighted by atomic mass is 10.1. The van der Waals surface area contributed by atoms with Crippen LogP contribution >= 0.6 is 0 Å². The first-order valence-corrected chi connectivity index (χ1v) is 7.80. The molecule has 0 bridgehead atoms. The minimum Gasteiger partial charge on any atom is -0.497 e. The maximum atomic E-state index is 12.2. The summed E-state index contributed by atoms with van der Waals surface area (Å²) in [5, 5.41) is 2.95. The molecule has 0 heterocycles. The van der Waals surface area contributed by atoms with E-state index < -0.39 is 0 Å². The van der Waals surface area contributed by atoms with Crippen LogP contribution in [0.2, 0.25) is 0 Å². The fraction of sp³-hybridized carbons (Fsp3) is 0.250. The lowest BCUT2D eigenvalue weighted by molar-refractivity contribution is -0.117. The van der Waals surface area contributed by atoms with Crippen molar-refractivity contribution in [2.24, 2.45) is 0 Å². The molecule has 1 N–H and O–H groups in total. The number of amides is 1. The Balaban J connectivity index is 2.08. The lowest BCUT2D eigenvalue weighted by Crippen LogP contribution is -2.25. The minimum atomic E-state index is -0.204. The topological polar surface area (TPSA) is 47.6 Å². The van der Waals surface area contributed by atoms with Gasteiger partial charge in [-0.05, 0) is 43.7 Å². The number of aryl methyl sites for hydroxylation is 1. The van der Waals surface area contributed by atoms with Gasteiger partial charge in [-0.3, -0.25) is 4.79 Å². The third-order valence-electron chi connectivity index (χ3n) is 3.73. The second kappa shape index (κ2) is 8.20. The number of hydrogen-bond acceptors (Lipinski definition) is 3. The van der Waals surface area contributed by atoms with Gasteiger partial charge >= 0.3 is 0 Å². The Labute approximate surface area is 143 Å². The highest BCUT2D eigenvalue weighted by Crippen LogP contribution is 2.29. The van der Waals surface area contributed by atoms with Crippen molar-refractivity contribution in [1.29, 1.82) is 0 Å². The van der Waals surface area contributed by atoms with Crippen LogP contribution < -0.4 is 14.8 Å². The molecule has 0 radical (unpaired) electrons. The normalized spacial score (nSPS) is 12.0. The van der Waals surface area contributed by atoms with E-state index in [1.807, 2.05) is 56.3 Å². The molecular formula is C20H23NO3. The molecule has 2 aromatic carbocycles. The summed E-state index contributed by atoms with van der Waals surface area (Å²) in [6.07, 6.45) is 3.34. The van der Waals surface area contributed by atoms with E-state index in [1.165, 1.54) is 6.08 Å². The van der Waals surface area contributed by atoms with Gasteiger partial charge < -0.3 is 14.8 Å². The molecule has 0 fully saturated rings. The summed E-state index contributed by atoms with van der Waals surface area (Å²) in [5.74, 6) is 1.28. The van der Waals surface area contributed by atoms with Crippen molar-refractivity contribution in [1.82, 2.24) is 5.32 Å². The number of ether oxygens (including phenoxy) is 2. The first-order chi connectivity index (χ1) is 11.5. The lowest BCUT2D eigenvalue weighted by Gasteiger charge is -2.17. The third-order valence-corrected chi connectivity index (χ3v) is 3.73. The summed E-state index contributed by atoms with van der Waals surface area (Å²) >= 11 is 0. The molecule has 24 heavy (non-hydrogen) atoms. The van der Waals surface area contributed by atoms with Crippen LogP contribution in [-0.4, -0.2) is 20.1 Å². The fourth-order valence-corrected chi connectivity index (χ4v) is 2.46. The first kappa shape index (κ1) is 17.6. The minimum absolute atomic E-state index is 0.158. The maximum absolute atomic E-state index is 12.2. The molecule has 0 saturated heterocycles. The molecule has 126 valence electrons. The molecule has 4 heteroatoms. The Morgan fingerprint density at radius 2 is 1.92 bits per heavy atom. The second-order valence-electron chi connectivity index (χ2n) is 5.59. The van der Waals surface area contributed by atoms with E-state index in [9.17, 15) is 4.79 Å². The average Bonchev–Trinajstić information content (AvgIpc) is 2.59. The van der Waals surface area contributed by atoms with E-state index in [0.717, 1.165) is 22.4 Å². The van der Waals surface area contributed by atoms with Crippen molar-refractivity contribution in [2.45, 2.75) is 19.9 Å². The van der Waals surface area contributed by atoms with Gasteiger partial charge in [-0.2, -0.15) is 0 Å². The number of carbonyl (C=O) groups is 1. The number of nitrogens with one attached hydrogen (secondary N) is 1. The Morgan fingerprint density at radius 1 is 1.12 bits per heavy atom. The quantitative estimate of drug-likeness (QED) is 0.819. The van der Waals surface area contributed by atoms with Crippen molar-refractivity contribution in [2.75, 3.05) is 14.2 Å². The van der Waals surface area contributed by atoms with Crippen molar-refractivity contribution in [3.63, 3.8) is 0 Å². The molecule has 1 amide bonds. The highest BCUT2D eigenvalue weighted by atomic mass is 16.5. The van der Waals surface area contributed by atoms with Gasteiger partial charge in [0.25, 0.3) is 0 Å². The molecule has 0 aliphatic rings. The number of benzene rings is 2. The Bertz CT molecular complexity index is 737. The molecule has 2 rings (SSSR count). The molecule has 4 nitrogen and oxygen atoms in total. The summed E-state index contributed by atoms with van der Waals surface area (Å²) in [5.41, 5.74) is 3.03. The zero-order chi connectivity index (χ0) is 17.5. The van der Waals surface area contributed by atoms with E-state index in [1.54, 1.807) is 20.3 Å². The van der Waals surface area contributed by atoms with Crippen LogP contribution in [0.25, 0.3) is 6.08 Å². The molecule has 0 unspecified atom stereocenters. The molecule has 2 aromatic rings. The first-order valence-electron chi connectivity index (χ1n) is 7.80. The van der Waals surface area contributed by atoms with E-state index in [-0.39, 0.29) is 11.9 Å². The van der Waals surface area contributed by atoms with Crippen molar-refractivity contribution < 1.29 is 14.3 Å². The molecule has 0 spiro atoms. The number of rotatable bonds is 6. The van der Waals surface area contributed by atoms with Crippen molar-refractivity contribution in [3.8, 4) is 11.5 Å². The standard InChI is InChI=1S/C20H23NO3/c1-14-6-5-7-16(12-14)8-11-20(22)21-15(2)18-13-17(23-3)9-10-19(18)24-4/h5-13,15H,1-4H3,(H,21,22)/b11-8+/t15-/m0/s1. The van der Waals surface area contributed by atoms with E-state index in [4.69, 9.17) is 9.47 Å². The smallest absolute Gasteiger partial charge is 0.244 e. The summed E-state index contributed by atoms with van der Waals surface area (Å²) < 4.78 is 10.6. The zero-order valence-electron chi connectivity index (χ0n) is 14.5. The fourth-order valence-electron chi connectivity index (χ4n) is 2.46. The van der Waals surface area contributed by atoms with Gasteiger partial charge in [0.2, 0.25) is 5.91 Å². The number of methoxy groups -OCH3 is 2. The predicted octanol–water partition coefficient (Wildman–Crippen LogP) is 3.90. The van der Waals surface area contributed by atoms with Gasteiger partial charge in [0.1, 0.15) is 11.5 Å². The summed E-state index contributed by atoms with van der Waals surface area (Å²) in [6, 6.07) is 13.3. The summed E-state index contributed by atoms with van der Waals surface area (Å²) in [7, 11) is 3.22. The zero-order valence-corrected chi connectivity index (χ0v) is 14.5. The van der Waals surface area contributed by atoms with Crippen LogP contribution in [0.15, 0.2) is 48.5 Å². The van der Waals surface area contributed by atoms with Gasteiger partial charge in [-0.25, -0.2) is 0 Å². The highest BCUT2D eigenvalue weighted by Gasteiger charge is 2.14. The molecule has 1 atom stereocenters. The average molecular weight is 325 g/mol. The Hall–Kier alpha value is -2.75. The number of carbonyl (C=O) groups excluding carboxylic acids is 1. The Kier molecular flexibility index (Phi) is 6.01. The second-order valence-corrected chi connectivity index (χ2v) is 5.59. The van der Waals surface area contributed by atoms with Crippen LogP contribution in [0.1, 0.15) is 29.7 Å². The van der Waals surface area contributed by atoms with Gasteiger partial charge in [-0.1, -0.05) is 29.8 Å². The van der Waals surface area contributed by atoms with Gasteiger partial charge in [-0.15, -0.1) is 0 Å². The van der Waals surface area contributed by atoms with Crippen LogP contribution in [0.4, 0.5) is 0 Å². The molecule has 0 aliphatic heterocycles. The molecular weight excluding hydrogens is 302 g/mol. The summed E-state index contributed by atoms with van der Waals surface area (Å²) in [6.45, 7) is 3.93. The van der Waals surface area contributed by atoms with Gasteiger partial charge in [0.15, 0.2) is 0 Å². The van der Waals surface area contributed by atoms with Gasteiger partial charge in [0.05, 0.1) is 20.3 Å². The molecule has 0 aromatic heterocycles. The SMILES string of the molecule is COc1ccc(OC)c([C@H](C)NC(=O)/C=C/c2cccc(C)c2)c1. The van der Waals surface area contributed by atoms with Crippen LogP contribution in [0.5, 0.6) is 11.5 Å². The van der Waals surface area contributed by atoms with E-state index >= 15 is 0 Å². The van der Waals surface area contributed by atoms with Crippen molar-refractivity contribution in [3.05, 3.63) is 65.2 Å². The highest BCUT2D eigenvalue weighted by molar-refractivity contribution is 5.92. The van der Waals surface area contributed by atoms with Crippen LogP contribution in [0.3, 0.4) is 0 Å². The van der Waals surface area contributed by atoms with Gasteiger partial charge in [0, 0.05) is 11.6 Å². The predicted molar refractivity (Wildman–Crippen MR) is 96.3 cm³/mol. The largest absolute Gasteiger partial charge is 0.497 e. The Morgan fingerprint density at radius 3 is 2.58 bits per heavy atom. The monoisotopic (exact) mass is 325 g/mol. The molecule has 0 aliphatic carbocycles. The van der Waals surface area contributed by atoms with Crippen LogP contribution in [-0.2, 0) is 4.79 Å². The maximum Gasteiger partial charge on any atom is 0.244 e. The van der Waals surface area contributed by atoms with E-state index in [2.05, 4.69) is 5.32 Å².